The molecule has 1 aliphatic rings. The van der Waals surface area contributed by atoms with E-state index in [0.717, 1.165) is 31.2 Å². The molecule has 0 aliphatic heterocycles. The van der Waals surface area contributed by atoms with Crippen molar-refractivity contribution in [3.8, 4) is 0 Å². The lowest BCUT2D eigenvalue weighted by Gasteiger charge is -2.29. The lowest BCUT2D eigenvalue weighted by molar-refractivity contribution is 0.361. The van der Waals surface area contributed by atoms with Crippen LogP contribution in [0.5, 0.6) is 0 Å². The number of rotatable bonds is 4. The Morgan fingerprint density at radius 3 is 2.30 bits per heavy atom. The molecule has 1 aliphatic carbocycles. The quantitative estimate of drug-likeness (QED) is 0.896. The van der Waals surface area contributed by atoms with Crippen molar-refractivity contribution in [1.82, 2.24) is 4.72 Å². The molecular weight excluding hydrogens is 272 g/mol. The van der Waals surface area contributed by atoms with Crippen LogP contribution < -0.4 is 10.5 Å². The van der Waals surface area contributed by atoms with Crippen molar-refractivity contribution >= 4 is 10.0 Å². The van der Waals surface area contributed by atoms with Gasteiger partial charge < -0.3 is 5.73 Å². The van der Waals surface area contributed by atoms with Gasteiger partial charge in [0.1, 0.15) is 0 Å². The van der Waals surface area contributed by atoms with E-state index in [0.29, 0.717) is 10.8 Å². The molecule has 0 aromatic heterocycles. The van der Waals surface area contributed by atoms with Crippen molar-refractivity contribution in [3.05, 3.63) is 29.8 Å². The van der Waals surface area contributed by atoms with Gasteiger partial charge in [0.05, 0.1) is 4.90 Å². The monoisotopic (exact) mass is 296 g/mol. The van der Waals surface area contributed by atoms with Gasteiger partial charge in [-0.3, -0.25) is 0 Å². The molecule has 20 heavy (non-hydrogen) atoms. The summed E-state index contributed by atoms with van der Waals surface area (Å²) in [5.74, 6) is 0.395. The molecule has 0 radical (unpaired) electrons. The second-order valence-corrected chi connectivity index (χ2v) is 7.61. The van der Waals surface area contributed by atoms with Crippen LogP contribution in [0.4, 0.5) is 0 Å². The summed E-state index contributed by atoms with van der Waals surface area (Å²) in [7, 11) is -3.47. The fourth-order valence-corrected chi connectivity index (χ4v) is 3.93. The maximum absolute atomic E-state index is 12.4. The molecule has 5 heteroatoms. The minimum atomic E-state index is -3.47. The van der Waals surface area contributed by atoms with E-state index in [2.05, 4.69) is 18.6 Å². The highest BCUT2D eigenvalue weighted by Gasteiger charge is 2.27. The van der Waals surface area contributed by atoms with Gasteiger partial charge in [-0.25, -0.2) is 13.1 Å². The molecule has 1 saturated carbocycles. The Labute approximate surface area is 121 Å². The fraction of sp³-hybridized carbons (Fsp3) is 0.600. The van der Waals surface area contributed by atoms with Crippen molar-refractivity contribution < 1.29 is 8.42 Å². The number of benzene rings is 1. The second kappa shape index (κ2) is 6.24. The van der Waals surface area contributed by atoms with Crippen LogP contribution in [0, 0.1) is 0 Å². The summed E-state index contributed by atoms with van der Waals surface area (Å²) < 4.78 is 27.5. The molecule has 1 aromatic carbocycles. The van der Waals surface area contributed by atoms with Gasteiger partial charge in [-0.1, -0.05) is 38.8 Å². The van der Waals surface area contributed by atoms with Crippen LogP contribution >= 0.6 is 0 Å². The van der Waals surface area contributed by atoms with Gasteiger partial charge in [0.25, 0.3) is 0 Å². The molecule has 2 unspecified atom stereocenters. The van der Waals surface area contributed by atoms with Gasteiger partial charge in [0.15, 0.2) is 0 Å². The van der Waals surface area contributed by atoms with Crippen molar-refractivity contribution in [2.24, 2.45) is 5.73 Å². The largest absolute Gasteiger partial charge is 0.326 e. The van der Waals surface area contributed by atoms with Crippen molar-refractivity contribution in [2.75, 3.05) is 0 Å². The summed E-state index contributed by atoms with van der Waals surface area (Å²) in [6.07, 6.45) is 3.83. The first-order valence-electron chi connectivity index (χ1n) is 7.28. The Morgan fingerprint density at radius 1 is 1.15 bits per heavy atom. The molecule has 112 valence electrons. The summed E-state index contributed by atoms with van der Waals surface area (Å²) in [6, 6.07) is 6.88. The van der Waals surface area contributed by atoms with Gasteiger partial charge in [0.2, 0.25) is 10.0 Å². The third-order valence-corrected chi connectivity index (χ3v) is 5.49. The smallest absolute Gasteiger partial charge is 0.240 e. The number of sulfonamides is 1. The van der Waals surface area contributed by atoms with Crippen LogP contribution in [-0.2, 0) is 10.0 Å². The first-order valence-corrected chi connectivity index (χ1v) is 8.76. The second-order valence-electron chi connectivity index (χ2n) is 5.90. The van der Waals surface area contributed by atoms with Crippen LogP contribution in [0.15, 0.2) is 29.2 Å². The highest BCUT2D eigenvalue weighted by molar-refractivity contribution is 7.89. The summed E-state index contributed by atoms with van der Waals surface area (Å²) in [4.78, 5) is 0.319. The van der Waals surface area contributed by atoms with Gasteiger partial charge in [0, 0.05) is 12.1 Å². The average Bonchev–Trinajstić information content (AvgIpc) is 2.41. The Balaban J connectivity index is 2.13. The predicted molar refractivity (Wildman–Crippen MR) is 81.1 cm³/mol. The molecule has 3 N–H and O–H groups in total. The Kier molecular flexibility index (Phi) is 4.83. The van der Waals surface area contributed by atoms with Crippen molar-refractivity contribution in [2.45, 2.75) is 62.4 Å². The van der Waals surface area contributed by atoms with E-state index in [9.17, 15) is 8.42 Å². The van der Waals surface area contributed by atoms with Crippen LogP contribution in [0.2, 0.25) is 0 Å². The van der Waals surface area contributed by atoms with E-state index in [1.54, 1.807) is 12.1 Å². The Hall–Kier alpha value is -0.910. The Bertz CT molecular complexity index is 537. The molecule has 1 fully saturated rings. The molecule has 1 aromatic rings. The molecule has 0 amide bonds. The number of nitrogens with two attached hydrogens (primary N) is 1. The lowest BCUT2D eigenvalue weighted by atomic mass is 9.92. The lowest BCUT2D eigenvalue weighted by Crippen LogP contribution is -2.49. The van der Waals surface area contributed by atoms with E-state index in [-0.39, 0.29) is 12.1 Å². The fourth-order valence-electron chi connectivity index (χ4n) is 2.61. The average molecular weight is 296 g/mol. The molecule has 4 nitrogen and oxygen atoms in total. The zero-order valence-electron chi connectivity index (χ0n) is 12.2. The first-order chi connectivity index (χ1) is 9.40. The third kappa shape index (κ3) is 3.59. The van der Waals surface area contributed by atoms with E-state index < -0.39 is 10.0 Å². The topological polar surface area (TPSA) is 72.2 Å². The molecular formula is C15H24N2O2S. The van der Waals surface area contributed by atoms with Gasteiger partial charge in [-0.05, 0) is 36.5 Å². The predicted octanol–water partition coefficient (Wildman–Crippen LogP) is 2.36. The van der Waals surface area contributed by atoms with E-state index in [1.165, 1.54) is 0 Å². The minimum Gasteiger partial charge on any atom is -0.326 e. The summed E-state index contributed by atoms with van der Waals surface area (Å²) >= 11 is 0. The summed E-state index contributed by atoms with van der Waals surface area (Å²) in [5, 5.41) is 0. The third-order valence-electron chi connectivity index (χ3n) is 3.98. The molecule has 2 atom stereocenters. The van der Waals surface area contributed by atoms with Crippen molar-refractivity contribution in [1.29, 1.82) is 0 Å². The molecule has 0 heterocycles. The Morgan fingerprint density at radius 2 is 1.75 bits per heavy atom. The highest BCUT2D eigenvalue weighted by atomic mass is 32.2. The van der Waals surface area contributed by atoms with Gasteiger partial charge >= 0.3 is 0 Å². The van der Waals surface area contributed by atoms with Crippen LogP contribution in [-0.4, -0.2) is 20.5 Å². The zero-order chi connectivity index (χ0) is 14.8. The van der Waals surface area contributed by atoms with Crippen LogP contribution in [0.1, 0.15) is 51.0 Å². The van der Waals surface area contributed by atoms with Crippen LogP contribution in [0.3, 0.4) is 0 Å². The van der Waals surface area contributed by atoms with Gasteiger partial charge in [-0.2, -0.15) is 0 Å². The number of hydrogen-bond acceptors (Lipinski definition) is 3. The maximum atomic E-state index is 12.4. The SMILES string of the molecule is CC(C)c1ccc(S(=O)(=O)NC2CCCCC2N)cc1. The standard InChI is InChI=1S/C15H24N2O2S/c1-11(2)12-7-9-13(10-8-12)20(18,19)17-15-6-4-3-5-14(15)16/h7-11,14-15,17H,3-6,16H2,1-2H3. The maximum Gasteiger partial charge on any atom is 0.240 e. The highest BCUT2D eigenvalue weighted by Crippen LogP contribution is 2.21. The van der Waals surface area contributed by atoms with Crippen LogP contribution in [0.25, 0.3) is 0 Å². The number of nitrogens with one attached hydrogen (secondary N) is 1. The van der Waals surface area contributed by atoms with Gasteiger partial charge in [-0.15, -0.1) is 0 Å². The zero-order valence-corrected chi connectivity index (χ0v) is 13.0. The minimum absolute atomic E-state index is 0.0755. The normalized spacial score (nSPS) is 24.0. The number of hydrogen-bond donors (Lipinski definition) is 2. The van der Waals surface area contributed by atoms with E-state index in [1.807, 2.05) is 12.1 Å². The summed E-state index contributed by atoms with van der Waals surface area (Å²) in [6.45, 7) is 4.17. The van der Waals surface area contributed by atoms with E-state index in [4.69, 9.17) is 5.73 Å². The molecule has 2 rings (SSSR count). The van der Waals surface area contributed by atoms with Crippen molar-refractivity contribution in [3.63, 3.8) is 0 Å². The first kappa shape index (κ1) is 15.5. The molecule has 0 bridgehead atoms. The van der Waals surface area contributed by atoms with E-state index >= 15 is 0 Å². The molecule has 0 saturated heterocycles. The molecule has 0 spiro atoms. The summed E-state index contributed by atoms with van der Waals surface area (Å²) in [5.41, 5.74) is 7.14.